The monoisotopic (exact) mass is 240 g/mol. The van der Waals surface area contributed by atoms with Crippen LogP contribution in [0.1, 0.15) is 13.8 Å². The van der Waals surface area contributed by atoms with E-state index in [-0.39, 0.29) is 19.4 Å². The first kappa shape index (κ1) is 14.3. The van der Waals surface area contributed by atoms with Gasteiger partial charge in [-0.2, -0.15) is 4.39 Å². The predicted octanol–water partition coefficient (Wildman–Crippen LogP) is 2.19. The first-order chi connectivity index (χ1) is 6.95. The fraction of sp³-hybridized carbons (Fsp3) is 0.625. The Morgan fingerprint density at radius 1 is 1.40 bits per heavy atom. The fourth-order valence-electron chi connectivity index (χ4n) is 0.815. The first-order valence-corrected chi connectivity index (χ1v) is 6.15. The van der Waals surface area contributed by atoms with E-state index in [4.69, 9.17) is 14.2 Å². The lowest BCUT2D eigenvalue weighted by molar-refractivity contribution is -0.134. The van der Waals surface area contributed by atoms with Gasteiger partial charge in [0.15, 0.2) is 0 Å². The molecule has 0 rings (SSSR count). The highest BCUT2D eigenvalue weighted by molar-refractivity contribution is 7.54. The highest BCUT2D eigenvalue weighted by Gasteiger charge is 2.22. The lowest BCUT2D eigenvalue weighted by Crippen LogP contribution is -2.01. The van der Waals surface area contributed by atoms with Crippen molar-refractivity contribution in [1.82, 2.24) is 0 Å². The molecule has 5 nitrogen and oxygen atoms in total. The lowest BCUT2D eigenvalue weighted by atomic mass is 10.5. The zero-order chi connectivity index (χ0) is 11.9. The number of hydrogen-bond donors (Lipinski definition) is 1. The van der Waals surface area contributed by atoms with Gasteiger partial charge in [0.25, 0.3) is 0 Å². The number of hydrogen-bond acceptors (Lipinski definition) is 4. The van der Waals surface area contributed by atoms with Crippen LogP contribution in [0.2, 0.25) is 0 Å². The smallest absolute Gasteiger partial charge is 0.364 e. The molecule has 0 saturated heterocycles. The largest absolute Gasteiger partial charge is 0.476 e. The van der Waals surface area contributed by atoms with E-state index in [1.807, 2.05) is 0 Å². The van der Waals surface area contributed by atoms with Gasteiger partial charge in [-0.25, -0.2) is 4.79 Å². The van der Waals surface area contributed by atoms with Gasteiger partial charge in [0.05, 0.1) is 19.4 Å². The molecule has 0 atom stereocenters. The van der Waals surface area contributed by atoms with Crippen LogP contribution < -0.4 is 0 Å². The third-order valence-corrected chi connectivity index (χ3v) is 3.28. The molecule has 0 spiro atoms. The van der Waals surface area contributed by atoms with Gasteiger partial charge in [-0.05, 0) is 19.9 Å². The highest BCUT2D eigenvalue weighted by Crippen LogP contribution is 2.48. The Morgan fingerprint density at radius 3 is 2.20 bits per heavy atom. The van der Waals surface area contributed by atoms with E-state index in [1.165, 1.54) is 0 Å². The van der Waals surface area contributed by atoms with Gasteiger partial charge < -0.3 is 14.2 Å². The zero-order valence-corrected chi connectivity index (χ0v) is 9.50. The van der Waals surface area contributed by atoms with Crippen LogP contribution in [-0.4, -0.2) is 30.5 Å². The summed E-state index contributed by atoms with van der Waals surface area (Å²) in [5.74, 6) is -3.07. The Bertz CT molecular complexity index is 279. The van der Waals surface area contributed by atoms with Crippen LogP contribution in [0, 0.1) is 0 Å². The van der Waals surface area contributed by atoms with Crippen LogP contribution in [0.15, 0.2) is 11.9 Å². The van der Waals surface area contributed by atoms with Crippen molar-refractivity contribution in [2.75, 3.05) is 19.4 Å². The number of allylic oxidation sites excluding steroid dienone is 1. The molecule has 0 aliphatic rings. The summed E-state index contributed by atoms with van der Waals surface area (Å²) in [7, 11) is -3.39. The topological polar surface area (TPSA) is 72.8 Å². The summed E-state index contributed by atoms with van der Waals surface area (Å²) in [6.07, 6.45) is 0.307. The number of aliphatic carboxylic acids is 1. The molecule has 15 heavy (non-hydrogen) atoms. The molecule has 0 amide bonds. The Morgan fingerprint density at radius 2 is 1.87 bits per heavy atom. The molecule has 0 aromatic heterocycles. The number of rotatable bonds is 7. The van der Waals surface area contributed by atoms with Gasteiger partial charge in [-0.15, -0.1) is 0 Å². The summed E-state index contributed by atoms with van der Waals surface area (Å²) >= 11 is 0. The maximum absolute atomic E-state index is 12.6. The minimum Gasteiger partial charge on any atom is -0.476 e. The molecule has 0 aliphatic heterocycles. The van der Waals surface area contributed by atoms with Crippen molar-refractivity contribution in [1.29, 1.82) is 0 Å². The molecule has 0 unspecified atom stereocenters. The second-order valence-electron chi connectivity index (χ2n) is 2.49. The molecule has 0 saturated carbocycles. The third kappa shape index (κ3) is 5.67. The summed E-state index contributed by atoms with van der Waals surface area (Å²) in [5, 5.41) is 8.22. The summed E-state index contributed by atoms with van der Waals surface area (Å²) < 4.78 is 33.9. The van der Waals surface area contributed by atoms with Gasteiger partial charge in [0.2, 0.25) is 5.83 Å². The van der Waals surface area contributed by atoms with Crippen molar-refractivity contribution in [2.24, 2.45) is 0 Å². The Labute approximate surface area is 87.4 Å². The molecule has 88 valence electrons. The SMILES string of the molecule is CCOP(=O)(C/C=C(\F)C(=O)O)OCC. The van der Waals surface area contributed by atoms with Gasteiger partial charge in [0, 0.05) is 0 Å². The second kappa shape index (κ2) is 6.71. The normalized spacial score (nSPS) is 12.9. The van der Waals surface area contributed by atoms with E-state index in [0.717, 1.165) is 0 Å². The minimum absolute atomic E-state index is 0.153. The van der Waals surface area contributed by atoms with Crippen molar-refractivity contribution in [3.63, 3.8) is 0 Å². The average Bonchev–Trinajstić information content (AvgIpc) is 2.15. The number of halogens is 1. The summed E-state index contributed by atoms with van der Waals surface area (Å²) in [4.78, 5) is 10.1. The van der Waals surface area contributed by atoms with Crippen LogP contribution in [0.3, 0.4) is 0 Å². The van der Waals surface area contributed by atoms with Crippen molar-refractivity contribution in [3.05, 3.63) is 11.9 Å². The van der Waals surface area contributed by atoms with Crippen LogP contribution in [0.25, 0.3) is 0 Å². The van der Waals surface area contributed by atoms with Crippen molar-refractivity contribution in [2.45, 2.75) is 13.8 Å². The number of carbonyl (C=O) groups is 1. The Balaban J connectivity index is 4.49. The van der Waals surface area contributed by atoms with Gasteiger partial charge >= 0.3 is 13.6 Å². The molecule has 0 aromatic rings. The standard InChI is InChI=1S/C8H14FO5P/c1-3-13-15(12,14-4-2)6-5-7(9)8(10)11/h5H,3-4,6H2,1-2H3,(H,10,11)/b7-5-. The van der Waals surface area contributed by atoms with E-state index in [0.29, 0.717) is 6.08 Å². The van der Waals surface area contributed by atoms with Crippen LogP contribution in [0.4, 0.5) is 4.39 Å². The number of carboxylic acid groups (broad SMARTS) is 1. The minimum atomic E-state index is -3.39. The molecule has 0 aromatic carbocycles. The molecule has 7 heteroatoms. The van der Waals surface area contributed by atoms with Crippen molar-refractivity contribution >= 4 is 13.6 Å². The lowest BCUT2D eigenvalue weighted by Gasteiger charge is -2.14. The average molecular weight is 240 g/mol. The summed E-state index contributed by atoms with van der Waals surface area (Å²) in [6, 6.07) is 0. The predicted molar refractivity (Wildman–Crippen MR) is 52.6 cm³/mol. The van der Waals surface area contributed by atoms with E-state index in [9.17, 15) is 13.8 Å². The quantitative estimate of drug-likeness (QED) is 0.545. The molecule has 0 bridgehead atoms. The second-order valence-corrected chi connectivity index (χ2v) is 4.59. The maximum atomic E-state index is 12.6. The highest BCUT2D eigenvalue weighted by atomic mass is 31.2. The molecule has 0 aliphatic carbocycles. The van der Waals surface area contributed by atoms with E-state index >= 15 is 0 Å². The van der Waals surface area contributed by atoms with Gasteiger partial charge in [-0.3, -0.25) is 4.57 Å². The first-order valence-electron chi connectivity index (χ1n) is 4.42. The maximum Gasteiger partial charge on any atom is 0.364 e. The summed E-state index contributed by atoms with van der Waals surface area (Å²) in [5.41, 5.74) is 0. The van der Waals surface area contributed by atoms with Crippen LogP contribution in [-0.2, 0) is 18.4 Å². The molecular weight excluding hydrogens is 226 g/mol. The van der Waals surface area contributed by atoms with Crippen LogP contribution in [0.5, 0.6) is 0 Å². The molecule has 0 fully saturated rings. The molecule has 0 heterocycles. The zero-order valence-electron chi connectivity index (χ0n) is 8.60. The molecule has 1 N–H and O–H groups in total. The fourth-order valence-corrected chi connectivity index (χ4v) is 2.27. The van der Waals surface area contributed by atoms with E-state index in [1.54, 1.807) is 13.8 Å². The Kier molecular flexibility index (Phi) is 6.40. The van der Waals surface area contributed by atoms with Crippen LogP contribution >= 0.6 is 7.60 Å². The van der Waals surface area contributed by atoms with E-state index in [2.05, 4.69) is 0 Å². The van der Waals surface area contributed by atoms with Crippen molar-refractivity contribution < 1.29 is 27.9 Å². The number of carboxylic acids is 1. The van der Waals surface area contributed by atoms with E-state index < -0.39 is 19.4 Å². The third-order valence-electron chi connectivity index (χ3n) is 1.35. The van der Waals surface area contributed by atoms with Gasteiger partial charge in [0.1, 0.15) is 0 Å². The summed E-state index contributed by atoms with van der Waals surface area (Å²) in [6.45, 7) is 3.53. The van der Waals surface area contributed by atoms with Gasteiger partial charge in [-0.1, -0.05) is 0 Å². The van der Waals surface area contributed by atoms with Crippen molar-refractivity contribution in [3.8, 4) is 0 Å². The molecular formula is C8H14FO5P. The molecule has 0 radical (unpaired) electrons. The Hall–Kier alpha value is -0.710.